The van der Waals surface area contributed by atoms with Crippen molar-refractivity contribution in [2.24, 2.45) is 17.8 Å². The molecule has 1 amide bonds. The molecule has 4 saturated carbocycles. The van der Waals surface area contributed by atoms with Gasteiger partial charge in [-0.2, -0.15) is 5.10 Å². The Bertz CT molecular complexity index is 878. The van der Waals surface area contributed by atoms with Crippen LogP contribution in [0, 0.1) is 17.8 Å². The predicted octanol–water partition coefficient (Wildman–Crippen LogP) is 3.81. The lowest BCUT2D eigenvalue weighted by Crippen LogP contribution is -2.50. The van der Waals surface area contributed by atoms with Gasteiger partial charge in [-0.25, -0.2) is 4.68 Å². The molecule has 0 N–H and O–H groups in total. The Morgan fingerprint density at radius 2 is 1.59 bits per heavy atom. The first kappa shape index (κ1) is 17.7. The van der Waals surface area contributed by atoms with E-state index in [4.69, 9.17) is 9.84 Å². The highest BCUT2D eigenvalue weighted by molar-refractivity contribution is 5.95. The van der Waals surface area contributed by atoms with E-state index in [1.54, 1.807) is 0 Å². The molecule has 5 nitrogen and oxygen atoms in total. The molecule has 2 heterocycles. The maximum absolute atomic E-state index is 13.6. The van der Waals surface area contributed by atoms with Crippen LogP contribution < -0.4 is 0 Å². The van der Waals surface area contributed by atoms with Gasteiger partial charge in [-0.05, 0) is 68.4 Å². The highest BCUT2D eigenvalue weighted by Gasteiger charge is 2.54. The van der Waals surface area contributed by atoms with Gasteiger partial charge in [0.2, 0.25) is 0 Å². The molecule has 4 aliphatic carbocycles. The van der Waals surface area contributed by atoms with E-state index in [1.807, 2.05) is 34.0 Å². The van der Waals surface area contributed by atoms with Crippen molar-refractivity contribution in [2.45, 2.75) is 43.9 Å². The second-order valence-electron chi connectivity index (χ2n) is 9.77. The zero-order valence-electron chi connectivity index (χ0n) is 16.9. The van der Waals surface area contributed by atoms with Gasteiger partial charge in [0, 0.05) is 24.7 Å². The summed E-state index contributed by atoms with van der Waals surface area (Å²) in [5, 5.41) is 5.12. The Balaban J connectivity index is 1.44. The molecule has 5 fully saturated rings. The van der Waals surface area contributed by atoms with Crippen LogP contribution in [0.25, 0.3) is 5.69 Å². The standard InChI is InChI=1S/C24H29N3O2/c28-23(26-6-8-29-9-7-26)21-16-27(20-4-2-1-3-5-20)25-22(21)24-13-17-10-18(14-24)12-19(11-17)15-24/h1-5,16-19H,6-15H2. The van der Waals surface area contributed by atoms with Crippen LogP contribution in [0.5, 0.6) is 0 Å². The van der Waals surface area contributed by atoms with Crippen molar-refractivity contribution < 1.29 is 9.53 Å². The molecular weight excluding hydrogens is 362 g/mol. The Morgan fingerprint density at radius 1 is 0.966 bits per heavy atom. The topological polar surface area (TPSA) is 47.4 Å². The quantitative estimate of drug-likeness (QED) is 0.799. The average Bonchev–Trinajstić information content (AvgIpc) is 3.20. The van der Waals surface area contributed by atoms with Crippen molar-refractivity contribution in [1.82, 2.24) is 14.7 Å². The highest BCUT2D eigenvalue weighted by atomic mass is 16.5. The lowest BCUT2D eigenvalue weighted by molar-refractivity contribution is -0.00816. The molecule has 0 radical (unpaired) electrons. The largest absolute Gasteiger partial charge is 0.378 e. The number of rotatable bonds is 3. The summed E-state index contributed by atoms with van der Waals surface area (Å²) in [6.45, 7) is 2.61. The summed E-state index contributed by atoms with van der Waals surface area (Å²) in [6, 6.07) is 10.2. The number of nitrogens with zero attached hydrogens (tertiary/aromatic N) is 3. The van der Waals surface area contributed by atoms with Gasteiger partial charge in [-0.1, -0.05) is 18.2 Å². The summed E-state index contributed by atoms with van der Waals surface area (Å²) in [5.41, 5.74) is 3.04. The second kappa shape index (κ2) is 6.69. The number of amides is 1. The highest BCUT2D eigenvalue weighted by Crippen LogP contribution is 2.61. The van der Waals surface area contributed by atoms with E-state index >= 15 is 0 Å². The van der Waals surface area contributed by atoms with Crippen LogP contribution in [0.4, 0.5) is 0 Å². The number of hydrogen-bond acceptors (Lipinski definition) is 3. The van der Waals surface area contributed by atoms with Crippen molar-refractivity contribution in [3.05, 3.63) is 47.8 Å². The minimum atomic E-state index is 0.103. The van der Waals surface area contributed by atoms with Crippen molar-refractivity contribution in [2.75, 3.05) is 26.3 Å². The van der Waals surface area contributed by atoms with E-state index < -0.39 is 0 Å². The number of carbonyl (C=O) groups is 1. The summed E-state index contributed by atoms with van der Waals surface area (Å²) >= 11 is 0. The smallest absolute Gasteiger partial charge is 0.257 e. The Hall–Kier alpha value is -2.14. The molecule has 1 saturated heterocycles. The SMILES string of the molecule is O=C(c1cn(-c2ccccc2)nc1C12CC3CC(CC(C3)C1)C2)N1CCOCC1. The van der Waals surface area contributed by atoms with Gasteiger partial charge < -0.3 is 9.64 Å². The van der Waals surface area contributed by atoms with E-state index in [9.17, 15) is 4.79 Å². The maximum Gasteiger partial charge on any atom is 0.257 e. The molecule has 5 aliphatic rings. The predicted molar refractivity (Wildman–Crippen MR) is 110 cm³/mol. The van der Waals surface area contributed by atoms with Gasteiger partial charge in [0.15, 0.2) is 0 Å². The zero-order chi connectivity index (χ0) is 19.4. The molecule has 5 heteroatoms. The summed E-state index contributed by atoms with van der Waals surface area (Å²) in [6.07, 6.45) is 9.83. The summed E-state index contributed by atoms with van der Waals surface area (Å²) in [4.78, 5) is 15.5. The number of carbonyl (C=O) groups excluding carboxylic acids is 1. The maximum atomic E-state index is 13.6. The lowest BCUT2D eigenvalue weighted by Gasteiger charge is -2.56. The van der Waals surface area contributed by atoms with Gasteiger partial charge >= 0.3 is 0 Å². The number of ether oxygens (including phenoxy) is 1. The summed E-state index contributed by atoms with van der Waals surface area (Å²) in [7, 11) is 0. The molecule has 7 rings (SSSR count). The number of hydrogen-bond donors (Lipinski definition) is 0. The van der Waals surface area contributed by atoms with Crippen LogP contribution in [0.3, 0.4) is 0 Å². The molecule has 1 aromatic heterocycles. The van der Waals surface area contributed by atoms with Crippen molar-refractivity contribution in [1.29, 1.82) is 0 Å². The number of benzene rings is 1. The van der Waals surface area contributed by atoms with Crippen LogP contribution in [0.15, 0.2) is 36.5 Å². The number of aromatic nitrogens is 2. The summed E-state index contributed by atoms with van der Waals surface area (Å²) < 4.78 is 7.42. The summed E-state index contributed by atoms with van der Waals surface area (Å²) in [5.74, 6) is 2.62. The van der Waals surface area contributed by atoms with Crippen LogP contribution in [0.2, 0.25) is 0 Å². The molecule has 0 atom stereocenters. The van der Waals surface area contributed by atoms with E-state index in [-0.39, 0.29) is 11.3 Å². The minimum Gasteiger partial charge on any atom is -0.378 e. The Morgan fingerprint density at radius 3 is 2.21 bits per heavy atom. The van der Waals surface area contributed by atoms with Crippen molar-refractivity contribution >= 4 is 5.91 Å². The minimum absolute atomic E-state index is 0.103. The Labute approximate surface area is 172 Å². The molecule has 0 spiro atoms. The Kier molecular flexibility index (Phi) is 4.09. The van der Waals surface area contributed by atoms with E-state index in [0.717, 1.165) is 34.7 Å². The fourth-order valence-corrected chi connectivity index (χ4v) is 6.97. The van der Waals surface area contributed by atoms with Crippen LogP contribution in [-0.2, 0) is 10.2 Å². The molecule has 152 valence electrons. The monoisotopic (exact) mass is 391 g/mol. The van der Waals surface area contributed by atoms with E-state index in [0.29, 0.717) is 26.3 Å². The van der Waals surface area contributed by atoms with Crippen molar-refractivity contribution in [3.63, 3.8) is 0 Å². The first-order valence-corrected chi connectivity index (χ1v) is 11.2. The van der Waals surface area contributed by atoms with E-state index in [1.165, 1.54) is 38.5 Å². The third kappa shape index (κ3) is 2.93. The fraction of sp³-hybridized carbons (Fsp3) is 0.583. The fourth-order valence-electron chi connectivity index (χ4n) is 6.97. The first-order chi connectivity index (χ1) is 14.2. The first-order valence-electron chi connectivity index (χ1n) is 11.2. The van der Waals surface area contributed by atoms with Gasteiger partial charge in [0.25, 0.3) is 5.91 Å². The number of morpholine rings is 1. The third-order valence-electron chi connectivity index (χ3n) is 7.80. The zero-order valence-corrected chi connectivity index (χ0v) is 16.9. The van der Waals surface area contributed by atoms with E-state index in [2.05, 4.69) is 12.1 Å². The third-order valence-corrected chi connectivity index (χ3v) is 7.80. The molecule has 1 aromatic carbocycles. The lowest BCUT2D eigenvalue weighted by atomic mass is 9.48. The van der Waals surface area contributed by atoms with Gasteiger partial charge in [-0.15, -0.1) is 0 Å². The molecule has 29 heavy (non-hydrogen) atoms. The molecular formula is C24H29N3O2. The molecule has 2 aromatic rings. The van der Waals surface area contributed by atoms with Gasteiger partial charge in [-0.3, -0.25) is 4.79 Å². The van der Waals surface area contributed by atoms with Gasteiger partial charge in [0.1, 0.15) is 0 Å². The average molecular weight is 392 g/mol. The molecule has 1 aliphatic heterocycles. The molecule has 0 unspecified atom stereocenters. The number of para-hydroxylation sites is 1. The normalized spacial score (nSPS) is 33.2. The van der Waals surface area contributed by atoms with Gasteiger partial charge in [0.05, 0.1) is 30.2 Å². The van der Waals surface area contributed by atoms with Crippen LogP contribution >= 0.6 is 0 Å². The second-order valence-corrected chi connectivity index (χ2v) is 9.77. The van der Waals surface area contributed by atoms with Crippen LogP contribution in [-0.4, -0.2) is 46.9 Å². The van der Waals surface area contributed by atoms with Crippen LogP contribution in [0.1, 0.15) is 54.6 Å². The molecule has 4 bridgehead atoms. The van der Waals surface area contributed by atoms with Crippen molar-refractivity contribution in [3.8, 4) is 5.69 Å².